The number of carbonyl (C=O) groups excluding carboxylic acids is 1. The third kappa shape index (κ3) is 3.44. The summed E-state index contributed by atoms with van der Waals surface area (Å²) < 4.78 is 4.58. The zero-order valence-corrected chi connectivity index (χ0v) is 14.6. The molecule has 136 valence electrons. The second-order valence-corrected chi connectivity index (χ2v) is 6.14. The molecule has 1 aromatic carbocycles. The summed E-state index contributed by atoms with van der Waals surface area (Å²) in [5, 5.41) is 14.3. The van der Waals surface area contributed by atoms with E-state index in [1.54, 1.807) is 0 Å². The van der Waals surface area contributed by atoms with Gasteiger partial charge in [0, 0.05) is 37.1 Å². The van der Waals surface area contributed by atoms with E-state index in [9.17, 15) is 14.9 Å². The van der Waals surface area contributed by atoms with E-state index in [1.807, 2.05) is 12.1 Å². The summed E-state index contributed by atoms with van der Waals surface area (Å²) in [5.41, 5.74) is 2.31. The first-order valence-corrected chi connectivity index (χ1v) is 8.32. The van der Waals surface area contributed by atoms with Crippen LogP contribution < -0.4 is 10.2 Å². The molecule has 1 aromatic heterocycles. The van der Waals surface area contributed by atoms with Gasteiger partial charge in [-0.1, -0.05) is 18.2 Å². The van der Waals surface area contributed by atoms with E-state index in [0.717, 1.165) is 6.42 Å². The molecule has 0 amide bonds. The number of anilines is 2. The topological polar surface area (TPSA) is 97.6 Å². The maximum atomic E-state index is 11.5. The molecule has 0 bridgehead atoms. The Morgan fingerprint density at radius 2 is 2.23 bits per heavy atom. The molecule has 1 N–H and O–H groups in total. The van der Waals surface area contributed by atoms with Crippen molar-refractivity contribution in [3.63, 3.8) is 0 Å². The van der Waals surface area contributed by atoms with Crippen LogP contribution in [-0.2, 0) is 11.2 Å². The van der Waals surface area contributed by atoms with Gasteiger partial charge in [0.1, 0.15) is 0 Å². The van der Waals surface area contributed by atoms with Crippen LogP contribution in [0.4, 0.5) is 17.2 Å². The van der Waals surface area contributed by atoms with Gasteiger partial charge in [-0.05, 0) is 25.0 Å². The first-order valence-electron chi connectivity index (χ1n) is 8.32. The van der Waals surface area contributed by atoms with E-state index in [4.69, 9.17) is 0 Å². The van der Waals surface area contributed by atoms with Crippen LogP contribution >= 0.6 is 0 Å². The average Bonchev–Trinajstić information content (AvgIpc) is 2.96. The summed E-state index contributed by atoms with van der Waals surface area (Å²) >= 11 is 0. The smallest absolute Gasteiger partial charge is 0.339 e. The second-order valence-electron chi connectivity index (χ2n) is 6.14. The lowest BCUT2D eigenvalue weighted by atomic mass is 10.1. The van der Waals surface area contributed by atoms with Gasteiger partial charge in [-0.3, -0.25) is 10.1 Å². The molecule has 8 heteroatoms. The number of nitrogens with one attached hydrogen (secondary N) is 1. The van der Waals surface area contributed by atoms with E-state index in [0.29, 0.717) is 19.1 Å². The highest BCUT2D eigenvalue weighted by molar-refractivity contribution is 5.90. The van der Waals surface area contributed by atoms with Crippen molar-refractivity contribution < 1.29 is 14.5 Å². The molecule has 1 aliphatic heterocycles. The van der Waals surface area contributed by atoms with Crippen molar-refractivity contribution in [3.8, 4) is 0 Å². The summed E-state index contributed by atoms with van der Waals surface area (Å²) in [6.07, 6.45) is 2.26. The third-order valence-corrected chi connectivity index (χ3v) is 4.48. The standard InChI is InChI=1S/C18H20N4O4/c1-12-9-13-5-3-4-6-15(13)21(12)8-7-19-17-16(22(24)25)10-14(11-20-17)18(23)26-2/h3-6,10-12H,7-9H2,1-2H3,(H,19,20). The molecule has 1 aliphatic rings. The number of hydrogen-bond acceptors (Lipinski definition) is 7. The molecule has 1 atom stereocenters. The maximum Gasteiger partial charge on any atom is 0.339 e. The number of fused-ring (bicyclic) bond motifs is 1. The minimum Gasteiger partial charge on any atom is -0.465 e. The number of nitrogens with zero attached hydrogens (tertiary/aromatic N) is 3. The fourth-order valence-corrected chi connectivity index (χ4v) is 3.22. The van der Waals surface area contributed by atoms with Crippen LogP contribution in [0, 0.1) is 10.1 Å². The van der Waals surface area contributed by atoms with Crippen LogP contribution in [0.1, 0.15) is 22.8 Å². The van der Waals surface area contributed by atoms with Gasteiger partial charge in [0.05, 0.1) is 17.6 Å². The molecule has 8 nitrogen and oxygen atoms in total. The van der Waals surface area contributed by atoms with Crippen LogP contribution in [0.25, 0.3) is 0 Å². The van der Waals surface area contributed by atoms with Crippen molar-refractivity contribution in [2.45, 2.75) is 19.4 Å². The molecule has 0 aliphatic carbocycles. The molecule has 2 heterocycles. The number of hydrogen-bond donors (Lipinski definition) is 1. The molecular formula is C18H20N4O4. The Bertz CT molecular complexity index is 840. The Balaban J connectivity index is 1.70. The first kappa shape index (κ1) is 17.7. The number of carbonyl (C=O) groups is 1. The van der Waals surface area contributed by atoms with Gasteiger partial charge in [0.2, 0.25) is 5.82 Å². The van der Waals surface area contributed by atoms with Crippen molar-refractivity contribution in [3.05, 3.63) is 57.8 Å². The van der Waals surface area contributed by atoms with E-state index >= 15 is 0 Å². The number of rotatable bonds is 6. The van der Waals surface area contributed by atoms with Crippen molar-refractivity contribution in [1.82, 2.24) is 4.98 Å². The Morgan fingerprint density at radius 3 is 2.96 bits per heavy atom. The number of methoxy groups -OCH3 is 1. The van der Waals surface area contributed by atoms with E-state index < -0.39 is 10.9 Å². The molecule has 0 fully saturated rings. The normalized spacial score (nSPS) is 15.5. The highest BCUT2D eigenvalue weighted by atomic mass is 16.6. The van der Waals surface area contributed by atoms with Gasteiger partial charge in [0.25, 0.3) is 0 Å². The van der Waals surface area contributed by atoms with Crippen molar-refractivity contribution in [2.75, 3.05) is 30.4 Å². The van der Waals surface area contributed by atoms with Gasteiger partial charge in [-0.15, -0.1) is 0 Å². The predicted octanol–water partition coefficient (Wildman–Crippen LogP) is 2.64. The second kappa shape index (κ2) is 7.38. The van der Waals surface area contributed by atoms with Gasteiger partial charge in [-0.2, -0.15) is 0 Å². The lowest BCUT2D eigenvalue weighted by molar-refractivity contribution is -0.384. The number of aromatic nitrogens is 1. The minimum atomic E-state index is -0.658. The van der Waals surface area contributed by atoms with Crippen molar-refractivity contribution in [1.29, 1.82) is 0 Å². The summed E-state index contributed by atoms with van der Waals surface area (Å²) in [5.74, 6) is -0.516. The Morgan fingerprint density at radius 1 is 1.46 bits per heavy atom. The maximum absolute atomic E-state index is 11.5. The summed E-state index contributed by atoms with van der Waals surface area (Å²) in [7, 11) is 1.22. The fourth-order valence-electron chi connectivity index (χ4n) is 3.22. The quantitative estimate of drug-likeness (QED) is 0.483. The molecule has 26 heavy (non-hydrogen) atoms. The van der Waals surface area contributed by atoms with Crippen molar-refractivity contribution in [2.24, 2.45) is 0 Å². The summed E-state index contributed by atoms with van der Waals surface area (Å²) in [4.78, 5) is 28.6. The van der Waals surface area contributed by atoms with E-state index in [1.165, 1.54) is 30.6 Å². The highest BCUT2D eigenvalue weighted by Crippen LogP contribution is 2.31. The molecule has 2 aromatic rings. The largest absolute Gasteiger partial charge is 0.465 e. The number of pyridine rings is 1. The highest BCUT2D eigenvalue weighted by Gasteiger charge is 2.25. The summed E-state index contributed by atoms with van der Waals surface area (Å²) in [6, 6.07) is 9.80. The molecule has 0 saturated carbocycles. The van der Waals surface area contributed by atoms with Gasteiger partial charge in [-0.25, -0.2) is 9.78 Å². The van der Waals surface area contributed by atoms with Gasteiger partial charge >= 0.3 is 11.7 Å². The number of ether oxygens (including phenoxy) is 1. The van der Waals surface area contributed by atoms with Crippen molar-refractivity contribution >= 4 is 23.2 Å². The Kier molecular flexibility index (Phi) is 5.01. The number of nitro groups is 1. The predicted molar refractivity (Wildman–Crippen MR) is 97.7 cm³/mol. The molecule has 0 radical (unpaired) electrons. The molecule has 1 unspecified atom stereocenters. The lowest BCUT2D eigenvalue weighted by Crippen LogP contribution is -2.33. The molecule has 0 spiro atoms. The monoisotopic (exact) mass is 356 g/mol. The van der Waals surface area contributed by atoms with Crippen LogP contribution in [0.5, 0.6) is 0 Å². The zero-order chi connectivity index (χ0) is 18.7. The summed E-state index contributed by atoms with van der Waals surface area (Å²) in [6.45, 7) is 3.34. The molecular weight excluding hydrogens is 336 g/mol. The van der Waals surface area contributed by atoms with E-state index in [-0.39, 0.29) is 17.1 Å². The number of benzene rings is 1. The molecule has 3 rings (SSSR count). The van der Waals surface area contributed by atoms with Gasteiger partial charge in [0.15, 0.2) is 0 Å². The Labute approximate surface area is 150 Å². The van der Waals surface area contributed by atoms with Crippen LogP contribution in [-0.4, -0.2) is 42.1 Å². The van der Waals surface area contributed by atoms with Crippen LogP contribution in [0.2, 0.25) is 0 Å². The van der Waals surface area contributed by atoms with Gasteiger partial charge < -0.3 is 15.0 Å². The third-order valence-electron chi connectivity index (χ3n) is 4.48. The number of esters is 1. The Hall–Kier alpha value is -3.16. The zero-order valence-electron chi connectivity index (χ0n) is 14.6. The molecule has 0 saturated heterocycles. The minimum absolute atomic E-state index is 0.0480. The van der Waals surface area contributed by atoms with Crippen LogP contribution in [0.3, 0.4) is 0 Å². The van der Waals surface area contributed by atoms with Crippen LogP contribution in [0.15, 0.2) is 36.5 Å². The number of para-hydroxylation sites is 1. The lowest BCUT2D eigenvalue weighted by Gasteiger charge is -2.25. The van der Waals surface area contributed by atoms with E-state index in [2.05, 4.69) is 39.0 Å². The fraction of sp³-hybridized carbons (Fsp3) is 0.333. The SMILES string of the molecule is COC(=O)c1cnc(NCCN2c3ccccc3CC2C)c([N+](=O)[O-])c1. The average molecular weight is 356 g/mol. The first-order chi connectivity index (χ1) is 12.5.